The number of rotatable bonds is 5. The van der Waals surface area contributed by atoms with Crippen LogP contribution in [0.15, 0.2) is 0 Å². The second-order valence-electron chi connectivity index (χ2n) is 5.58. The molecule has 1 saturated heterocycles. The highest BCUT2D eigenvalue weighted by molar-refractivity contribution is 5.83. The minimum atomic E-state index is -4.34. The molecule has 0 aromatic heterocycles. The van der Waals surface area contributed by atoms with E-state index in [0.717, 1.165) is 4.90 Å². The van der Waals surface area contributed by atoms with E-state index >= 15 is 0 Å². The van der Waals surface area contributed by atoms with Crippen LogP contribution in [0.25, 0.3) is 0 Å². The van der Waals surface area contributed by atoms with E-state index in [9.17, 15) is 18.0 Å². The van der Waals surface area contributed by atoms with Gasteiger partial charge < -0.3 is 10.2 Å². The summed E-state index contributed by atoms with van der Waals surface area (Å²) in [5.74, 6) is -0.325. The molecule has 1 rings (SSSR count). The highest BCUT2D eigenvalue weighted by atomic mass is 19.4. The first kappa shape index (κ1) is 16.3. The van der Waals surface area contributed by atoms with Crippen LogP contribution in [0.5, 0.6) is 0 Å². The average molecular weight is 280 g/mol. The van der Waals surface area contributed by atoms with Crippen LogP contribution < -0.4 is 5.32 Å². The second-order valence-corrected chi connectivity index (χ2v) is 5.58. The normalized spacial score (nSPS) is 23.9. The van der Waals surface area contributed by atoms with Crippen molar-refractivity contribution in [3.05, 3.63) is 0 Å². The summed E-state index contributed by atoms with van der Waals surface area (Å²) in [5, 5.41) is 3.11. The van der Waals surface area contributed by atoms with Gasteiger partial charge in [0, 0.05) is 13.1 Å². The van der Waals surface area contributed by atoms with Crippen molar-refractivity contribution in [3.8, 4) is 0 Å². The van der Waals surface area contributed by atoms with E-state index < -0.39 is 18.1 Å². The Morgan fingerprint density at radius 2 is 2.05 bits per heavy atom. The highest BCUT2D eigenvalue weighted by Gasteiger charge is 2.47. The van der Waals surface area contributed by atoms with Crippen LogP contribution in [0, 0.1) is 11.3 Å². The van der Waals surface area contributed by atoms with Crippen molar-refractivity contribution in [2.24, 2.45) is 11.3 Å². The summed E-state index contributed by atoms with van der Waals surface area (Å²) >= 11 is 0. The van der Waals surface area contributed by atoms with E-state index in [1.807, 2.05) is 13.8 Å². The zero-order valence-corrected chi connectivity index (χ0v) is 11.8. The van der Waals surface area contributed by atoms with Crippen molar-refractivity contribution < 1.29 is 18.0 Å². The SMILES string of the molecule is CCCN(CC(F)(F)F)C(=O)C1(C(C)C)CCNC1. The van der Waals surface area contributed by atoms with Gasteiger partial charge in [0.25, 0.3) is 0 Å². The minimum absolute atomic E-state index is 0.0302. The Bertz CT molecular complexity index is 310. The van der Waals surface area contributed by atoms with Gasteiger partial charge in [-0.25, -0.2) is 0 Å². The van der Waals surface area contributed by atoms with Crippen molar-refractivity contribution in [1.82, 2.24) is 10.2 Å². The van der Waals surface area contributed by atoms with Crippen LogP contribution in [0.3, 0.4) is 0 Å². The molecule has 0 aliphatic carbocycles. The van der Waals surface area contributed by atoms with Crippen LogP contribution in [-0.4, -0.2) is 43.2 Å². The number of halogens is 3. The molecule has 1 N–H and O–H groups in total. The Balaban J connectivity index is 2.91. The van der Waals surface area contributed by atoms with Gasteiger partial charge in [-0.1, -0.05) is 20.8 Å². The van der Waals surface area contributed by atoms with Gasteiger partial charge in [0.1, 0.15) is 6.54 Å². The Labute approximate surface area is 112 Å². The van der Waals surface area contributed by atoms with Crippen molar-refractivity contribution in [2.75, 3.05) is 26.2 Å². The number of carbonyl (C=O) groups excluding carboxylic acids is 1. The molecule has 6 heteroatoms. The van der Waals surface area contributed by atoms with Crippen molar-refractivity contribution in [3.63, 3.8) is 0 Å². The van der Waals surface area contributed by atoms with Crippen LogP contribution in [0.1, 0.15) is 33.6 Å². The number of nitrogens with one attached hydrogen (secondary N) is 1. The van der Waals surface area contributed by atoms with Gasteiger partial charge in [-0.05, 0) is 25.3 Å². The van der Waals surface area contributed by atoms with Gasteiger partial charge in [0.15, 0.2) is 0 Å². The highest BCUT2D eigenvalue weighted by Crippen LogP contribution is 2.37. The molecule has 0 radical (unpaired) electrons. The molecule has 1 atom stereocenters. The Kier molecular flexibility index (Phi) is 5.24. The van der Waals surface area contributed by atoms with Gasteiger partial charge in [0.05, 0.1) is 5.41 Å². The third-order valence-electron chi connectivity index (χ3n) is 3.87. The van der Waals surface area contributed by atoms with E-state index in [0.29, 0.717) is 25.9 Å². The molecule has 19 heavy (non-hydrogen) atoms. The smallest absolute Gasteiger partial charge is 0.333 e. The maximum atomic E-state index is 12.6. The molecule has 1 unspecified atom stereocenters. The van der Waals surface area contributed by atoms with Crippen LogP contribution in [0.4, 0.5) is 13.2 Å². The van der Waals surface area contributed by atoms with Crippen molar-refractivity contribution in [1.29, 1.82) is 0 Å². The molecule has 1 aliphatic rings. The molecule has 0 aromatic rings. The van der Waals surface area contributed by atoms with Crippen LogP contribution in [-0.2, 0) is 4.79 Å². The summed E-state index contributed by atoms with van der Waals surface area (Å²) in [6, 6.07) is 0. The predicted octanol–water partition coefficient (Wildman–Crippen LogP) is 2.42. The first-order valence-electron chi connectivity index (χ1n) is 6.80. The molecule has 1 amide bonds. The molecular formula is C13H23F3N2O. The lowest BCUT2D eigenvalue weighted by Crippen LogP contribution is -2.51. The molecule has 0 aromatic carbocycles. The largest absolute Gasteiger partial charge is 0.406 e. The molecule has 0 spiro atoms. The first-order chi connectivity index (χ1) is 8.73. The van der Waals surface area contributed by atoms with Gasteiger partial charge in [-0.2, -0.15) is 13.2 Å². The summed E-state index contributed by atoms with van der Waals surface area (Å²) in [6.07, 6.45) is -3.19. The first-order valence-corrected chi connectivity index (χ1v) is 6.80. The summed E-state index contributed by atoms with van der Waals surface area (Å²) in [6.45, 7) is 5.77. The number of hydrogen-bond donors (Lipinski definition) is 1. The van der Waals surface area contributed by atoms with Crippen molar-refractivity contribution >= 4 is 5.91 Å². The molecule has 0 bridgehead atoms. The van der Waals surface area contributed by atoms with Gasteiger partial charge in [0.2, 0.25) is 5.91 Å². The number of alkyl halides is 3. The average Bonchev–Trinajstić information content (AvgIpc) is 2.76. The lowest BCUT2D eigenvalue weighted by atomic mass is 9.75. The molecular weight excluding hydrogens is 257 g/mol. The Morgan fingerprint density at radius 1 is 1.42 bits per heavy atom. The fraction of sp³-hybridized carbons (Fsp3) is 0.923. The summed E-state index contributed by atoms with van der Waals surface area (Å²) < 4.78 is 37.8. The number of hydrogen-bond acceptors (Lipinski definition) is 2. The molecule has 1 heterocycles. The Morgan fingerprint density at radius 3 is 2.42 bits per heavy atom. The quantitative estimate of drug-likeness (QED) is 0.839. The second kappa shape index (κ2) is 6.11. The lowest BCUT2D eigenvalue weighted by Gasteiger charge is -2.37. The minimum Gasteiger partial charge on any atom is -0.333 e. The molecule has 0 saturated carbocycles. The maximum Gasteiger partial charge on any atom is 0.406 e. The molecule has 1 fully saturated rings. The predicted molar refractivity (Wildman–Crippen MR) is 67.7 cm³/mol. The third kappa shape index (κ3) is 3.84. The van der Waals surface area contributed by atoms with E-state index in [2.05, 4.69) is 5.32 Å². The monoisotopic (exact) mass is 280 g/mol. The zero-order valence-electron chi connectivity index (χ0n) is 11.8. The lowest BCUT2D eigenvalue weighted by molar-refractivity contribution is -0.169. The van der Waals surface area contributed by atoms with E-state index in [1.54, 1.807) is 6.92 Å². The molecule has 1 aliphatic heterocycles. The number of carbonyl (C=O) groups is 1. The maximum absolute atomic E-state index is 12.6. The van der Waals surface area contributed by atoms with Crippen LogP contribution in [0.2, 0.25) is 0 Å². The topological polar surface area (TPSA) is 32.3 Å². The molecule has 3 nitrogen and oxygen atoms in total. The van der Waals surface area contributed by atoms with E-state index in [1.165, 1.54) is 0 Å². The van der Waals surface area contributed by atoms with Crippen LogP contribution >= 0.6 is 0 Å². The molecule has 112 valence electrons. The summed E-state index contributed by atoms with van der Waals surface area (Å²) in [5.41, 5.74) is -0.680. The van der Waals surface area contributed by atoms with Gasteiger partial charge in [-0.3, -0.25) is 4.79 Å². The summed E-state index contributed by atoms with van der Waals surface area (Å²) in [4.78, 5) is 13.5. The van der Waals surface area contributed by atoms with Gasteiger partial charge in [-0.15, -0.1) is 0 Å². The number of nitrogens with zero attached hydrogens (tertiary/aromatic N) is 1. The zero-order chi connectivity index (χ0) is 14.7. The van der Waals surface area contributed by atoms with E-state index in [4.69, 9.17) is 0 Å². The van der Waals surface area contributed by atoms with E-state index in [-0.39, 0.29) is 18.4 Å². The van der Waals surface area contributed by atoms with Gasteiger partial charge >= 0.3 is 6.18 Å². The third-order valence-corrected chi connectivity index (χ3v) is 3.87. The summed E-state index contributed by atoms with van der Waals surface area (Å²) in [7, 11) is 0. The standard InChI is InChI=1S/C13H23F3N2O/c1-4-7-18(9-13(14,15)16)11(19)12(10(2)3)5-6-17-8-12/h10,17H,4-9H2,1-3H3. The fourth-order valence-electron chi connectivity index (χ4n) is 2.69. The Hall–Kier alpha value is -0.780. The fourth-order valence-corrected chi connectivity index (χ4v) is 2.69. The number of amides is 1. The van der Waals surface area contributed by atoms with Crippen molar-refractivity contribution in [2.45, 2.75) is 39.8 Å².